The molecule has 2 unspecified atom stereocenters. The summed E-state index contributed by atoms with van der Waals surface area (Å²) in [4.78, 5) is 2.81. The van der Waals surface area contributed by atoms with E-state index in [0.717, 1.165) is 18.0 Å². The molecule has 2 aliphatic rings. The molecule has 2 fully saturated rings. The maximum atomic E-state index is 2.81. The van der Waals surface area contributed by atoms with E-state index in [1.165, 1.54) is 38.6 Å². The lowest BCUT2D eigenvalue weighted by Gasteiger charge is -2.34. The summed E-state index contributed by atoms with van der Waals surface area (Å²) in [5.74, 6) is 1.03. The molecule has 2 atom stereocenters. The molecular weight excluding hydrogens is 182 g/mol. The summed E-state index contributed by atoms with van der Waals surface area (Å²) in [5, 5.41) is 0. The van der Waals surface area contributed by atoms with Gasteiger partial charge < -0.3 is 0 Å². The summed E-state index contributed by atoms with van der Waals surface area (Å²) in [7, 11) is 0. The van der Waals surface area contributed by atoms with Gasteiger partial charge in [-0.2, -0.15) is 0 Å². The van der Waals surface area contributed by atoms with Gasteiger partial charge in [0, 0.05) is 12.1 Å². The molecule has 88 valence electrons. The molecule has 0 N–H and O–H groups in total. The Morgan fingerprint density at radius 3 is 2.40 bits per heavy atom. The number of hydrogen-bond acceptors (Lipinski definition) is 1. The zero-order chi connectivity index (χ0) is 11.1. The van der Waals surface area contributed by atoms with Gasteiger partial charge in [-0.15, -0.1) is 0 Å². The summed E-state index contributed by atoms with van der Waals surface area (Å²) >= 11 is 0. The van der Waals surface area contributed by atoms with Crippen LogP contribution in [0.3, 0.4) is 0 Å². The molecule has 0 aromatic heterocycles. The molecule has 0 aromatic rings. The normalized spacial score (nSPS) is 30.8. The fraction of sp³-hybridized carbons (Fsp3) is 1.00. The molecule has 0 radical (unpaired) electrons. The zero-order valence-electron chi connectivity index (χ0n) is 10.9. The highest BCUT2D eigenvalue weighted by molar-refractivity contribution is 4.92. The number of likely N-dealkylation sites (tertiary alicyclic amines) is 1. The van der Waals surface area contributed by atoms with E-state index >= 15 is 0 Å². The lowest BCUT2D eigenvalue weighted by molar-refractivity contribution is 0.136. The van der Waals surface area contributed by atoms with Crippen LogP contribution in [0.25, 0.3) is 0 Å². The van der Waals surface area contributed by atoms with Crippen molar-refractivity contribution in [1.82, 2.24) is 4.90 Å². The summed E-state index contributed by atoms with van der Waals surface area (Å²) in [5.41, 5.74) is 0.497. The van der Waals surface area contributed by atoms with Crippen molar-refractivity contribution in [2.75, 3.05) is 6.54 Å². The molecule has 15 heavy (non-hydrogen) atoms. The van der Waals surface area contributed by atoms with Crippen molar-refractivity contribution < 1.29 is 0 Å². The second-order valence-electron chi connectivity index (χ2n) is 6.88. The summed E-state index contributed by atoms with van der Waals surface area (Å²) in [6, 6.07) is 1.74. The molecule has 1 saturated carbocycles. The van der Waals surface area contributed by atoms with Gasteiger partial charge in [-0.1, -0.05) is 20.8 Å². The number of nitrogens with zero attached hydrogens (tertiary/aromatic N) is 1. The Kier molecular flexibility index (Phi) is 3.12. The maximum absolute atomic E-state index is 2.81. The van der Waals surface area contributed by atoms with Gasteiger partial charge in [-0.25, -0.2) is 0 Å². The zero-order valence-corrected chi connectivity index (χ0v) is 10.9. The van der Waals surface area contributed by atoms with E-state index in [1.54, 1.807) is 0 Å². The molecule has 1 aliphatic heterocycles. The van der Waals surface area contributed by atoms with Gasteiger partial charge in [0.1, 0.15) is 0 Å². The first-order chi connectivity index (χ1) is 6.97. The van der Waals surface area contributed by atoms with Crippen LogP contribution in [0.5, 0.6) is 0 Å². The first-order valence-corrected chi connectivity index (χ1v) is 6.73. The average Bonchev–Trinajstić information content (AvgIpc) is 2.85. The van der Waals surface area contributed by atoms with Crippen LogP contribution in [0.2, 0.25) is 0 Å². The molecule has 2 rings (SSSR count). The fourth-order valence-electron chi connectivity index (χ4n) is 3.17. The fourth-order valence-corrected chi connectivity index (χ4v) is 3.17. The molecule has 1 saturated heterocycles. The third kappa shape index (κ3) is 2.96. The molecule has 1 heteroatoms. The standard InChI is InChI=1S/C14H27N/c1-11(12-7-8-12)15-9-5-6-13(15)10-14(2,3)4/h11-13H,5-10H2,1-4H3. The van der Waals surface area contributed by atoms with Crippen LogP contribution in [-0.2, 0) is 0 Å². The highest BCUT2D eigenvalue weighted by Crippen LogP contribution is 2.39. The second kappa shape index (κ2) is 4.08. The Morgan fingerprint density at radius 2 is 1.87 bits per heavy atom. The van der Waals surface area contributed by atoms with Crippen LogP contribution in [0.1, 0.15) is 59.8 Å². The van der Waals surface area contributed by atoms with Gasteiger partial charge in [0.25, 0.3) is 0 Å². The van der Waals surface area contributed by atoms with Crippen LogP contribution < -0.4 is 0 Å². The maximum Gasteiger partial charge on any atom is 0.0104 e. The molecule has 1 aliphatic carbocycles. The summed E-state index contributed by atoms with van der Waals surface area (Å²) < 4.78 is 0. The second-order valence-corrected chi connectivity index (χ2v) is 6.88. The molecule has 0 bridgehead atoms. The smallest absolute Gasteiger partial charge is 0.0104 e. The Bertz CT molecular complexity index is 212. The quantitative estimate of drug-likeness (QED) is 0.685. The highest BCUT2D eigenvalue weighted by atomic mass is 15.2. The van der Waals surface area contributed by atoms with Gasteiger partial charge in [0.2, 0.25) is 0 Å². The van der Waals surface area contributed by atoms with Crippen molar-refractivity contribution in [3.63, 3.8) is 0 Å². The molecule has 0 amide bonds. The van der Waals surface area contributed by atoms with Crippen LogP contribution >= 0.6 is 0 Å². The SMILES string of the molecule is CC(C1CC1)N1CCCC1CC(C)(C)C. The number of rotatable bonds is 3. The van der Waals surface area contributed by atoms with Crippen LogP contribution in [0, 0.1) is 11.3 Å². The summed E-state index contributed by atoms with van der Waals surface area (Å²) in [6.45, 7) is 11.0. The van der Waals surface area contributed by atoms with Crippen molar-refractivity contribution in [2.45, 2.75) is 71.9 Å². The van der Waals surface area contributed by atoms with Gasteiger partial charge >= 0.3 is 0 Å². The molecule has 1 heterocycles. The Labute approximate surface area is 95.2 Å². The highest BCUT2D eigenvalue weighted by Gasteiger charge is 2.38. The van der Waals surface area contributed by atoms with E-state index in [9.17, 15) is 0 Å². The monoisotopic (exact) mass is 209 g/mol. The van der Waals surface area contributed by atoms with Gasteiger partial charge in [0.15, 0.2) is 0 Å². The van der Waals surface area contributed by atoms with E-state index < -0.39 is 0 Å². The van der Waals surface area contributed by atoms with Crippen molar-refractivity contribution in [1.29, 1.82) is 0 Å². The van der Waals surface area contributed by atoms with E-state index in [2.05, 4.69) is 32.6 Å². The van der Waals surface area contributed by atoms with Gasteiger partial charge in [-0.05, 0) is 56.9 Å². The molecular formula is C14H27N. The van der Waals surface area contributed by atoms with Crippen LogP contribution in [0.4, 0.5) is 0 Å². The Morgan fingerprint density at radius 1 is 1.20 bits per heavy atom. The Hall–Kier alpha value is -0.0400. The lowest BCUT2D eigenvalue weighted by Crippen LogP contribution is -2.40. The van der Waals surface area contributed by atoms with Gasteiger partial charge in [0.05, 0.1) is 0 Å². The third-order valence-corrected chi connectivity index (χ3v) is 4.10. The van der Waals surface area contributed by atoms with E-state index in [4.69, 9.17) is 0 Å². The first kappa shape index (κ1) is 11.4. The van der Waals surface area contributed by atoms with Crippen molar-refractivity contribution in [2.24, 2.45) is 11.3 Å². The largest absolute Gasteiger partial charge is 0.297 e. The predicted octanol–water partition coefficient (Wildman–Crippen LogP) is 3.69. The molecule has 0 aromatic carbocycles. The lowest BCUT2D eigenvalue weighted by atomic mass is 9.87. The minimum atomic E-state index is 0.497. The minimum absolute atomic E-state index is 0.497. The van der Waals surface area contributed by atoms with Crippen LogP contribution in [0.15, 0.2) is 0 Å². The van der Waals surface area contributed by atoms with Crippen molar-refractivity contribution in [3.8, 4) is 0 Å². The molecule has 1 nitrogen and oxygen atoms in total. The van der Waals surface area contributed by atoms with E-state index in [-0.39, 0.29) is 0 Å². The molecule has 0 spiro atoms. The summed E-state index contributed by atoms with van der Waals surface area (Å²) in [6.07, 6.45) is 7.22. The Balaban J connectivity index is 1.92. The van der Waals surface area contributed by atoms with Crippen molar-refractivity contribution >= 4 is 0 Å². The minimum Gasteiger partial charge on any atom is -0.297 e. The third-order valence-electron chi connectivity index (χ3n) is 4.10. The predicted molar refractivity (Wildman–Crippen MR) is 66.0 cm³/mol. The van der Waals surface area contributed by atoms with Crippen molar-refractivity contribution in [3.05, 3.63) is 0 Å². The topological polar surface area (TPSA) is 3.24 Å². The van der Waals surface area contributed by atoms with Crippen LogP contribution in [-0.4, -0.2) is 23.5 Å². The first-order valence-electron chi connectivity index (χ1n) is 6.73. The number of hydrogen-bond donors (Lipinski definition) is 0. The van der Waals surface area contributed by atoms with Gasteiger partial charge in [-0.3, -0.25) is 4.90 Å². The average molecular weight is 209 g/mol. The van der Waals surface area contributed by atoms with E-state index in [1.807, 2.05) is 0 Å². The van der Waals surface area contributed by atoms with E-state index in [0.29, 0.717) is 5.41 Å².